The van der Waals surface area contributed by atoms with E-state index < -0.39 is 0 Å². The van der Waals surface area contributed by atoms with Crippen molar-refractivity contribution < 1.29 is 14.3 Å². The van der Waals surface area contributed by atoms with Crippen LogP contribution in [-0.2, 0) is 4.74 Å². The molecule has 134 valence electrons. The van der Waals surface area contributed by atoms with Crippen molar-refractivity contribution in [2.24, 2.45) is 0 Å². The zero-order valence-corrected chi connectivity index (χ0v) is 14.8. The fraction of sp³-hybridized carbons (Fsp3) is 0.200. The van der Waals surface area contributed by atoms with Gasteiger partial charge in [-0.3, -0.25) is 4.79 Å². The van der Waals surface area contributed by atoms with Gasteiger partial charge >= 0.3 is 0 Å². The predicted molar refractivity (Wildman–Crippen MR) is 100 cm³/mol. The Kier molecular flexibility index (Phi) is 5.66. The van der Waals surface area contributed by atoms with Gasteiger partial charge in [-0.2, -0.15) is 5.10 Å². The van der Waals surface area contributed by atoms with E-state index in [-0.39, 0.29) is 5.91 Å². The number of nitrogens with zero attached hydrogens (tertiary/aromatic N) is 2. The summed E-state index contributed by atoms with van der Waals surface area (Å²) in [4.78, 5) is 12.8. The molecule has 0 fully saturated rings. The number of hydrogen-bond donors (Lipinski definition) is 1. The summed E-state index contributed by atoms with van der Waals surface area (Å²) in [6.45, 7) is 2.83. The number of rotatable bonds is 7. The molecule has 0 bridgehead atoms. The third-order valence-corrected chi connectivity index (χ3v) is 3.90. The Morgan fingerprint density at radius 3 is 2.65 bits per heavy atom. The Hall–Kier alpha value is -3.12. The number of methoxy groups -OCH3 is 1. The third kappa shape index (κ3) is 3.92. The van der Waals surface area contributed by atoms with Crippen molar-refractivity contribution >= 4 is 11.7 Å². The quantitative estimate of drug-likeness (QED) is 0.662. The molecule has 6 heteroatoms. The van der Waals surface area contributed by atoms with E-state index >= 15 is 0 Å². The highest BCUT2D eigenvalue weighted by molar-refractivity contribution is 6.05. The highest BCUT2D eigenvalue weighted by Crippen LogP contribution is 2.22. The summed E-state index contributed by atoms with van der Waals surface area (Å²) in [5.41, 5.74) is 2.44. The number of carbonyl (C=O) groups is 1. The Labute approximate surface area is 152 Å². The molecule has 1 amide bonds. The van der Waals surface area contributed by atoms with Crippen LogP contribution in [0.4, 0.5) is 5.82 Å². The largest absolute Gasteiger partial charge is 0.490 e. The molecule has 0 aliphatic heterocycles. The number of amides is 1. The molecule has 26 heavy (non-hydrogen) atoms. The molecule has 1 heterocycles. The summed E-state index contributed by atoms with van der Waals surface area (Å²) in [7, 11) is 1.61. The van der Waals surface area contributed by atoms with E-state index in [1.165, 1.54) is 0 Å². The van der Waals surface area contributed by atoms with Gasteiger partial charge < -0.3 is 14.8 Å². The first-order valence-corrected chi connectivity index (χ1v) is 8.33. The Morgan fingerprint density at radius 2 is 1.85 bits per heavy atom. The van der Waals surface area contributed by atoms with Gasteiger partial charge in [-0.1, -0.05) is 30.3 Å². The molecule has 0 unspecified atom stereocenters. The van der Waals surface area contributed by atoms with Crippen molar-refractivity contribution in [3.05, 3.63) is 71.9 Å². The average molecular weight is 351 g/mol. The molecule has 2 aromatic carbocycles. The SMILES string of the molecule is COCCOc1ccccc1C(=O)Nc1ccnn1-c1ccccc1C. The predicted octanol–water partition coefficient (Wildman–Crippen LogP) is 3.46. The maximum absolute atomic E-state index is 12.8. The molecule has 1 aromatic heterocycles. The summed E-state index contributed by atoms with van der Waals surface area (Å²) < 4.78 is 12.3. The number of nitrogens with one attached hydrogen (secondary N) is 1. The van der Waals surface area contributed by atoms with E-state index in [1.54, 1.807) is 42.3 Å². The standard InChI is InChI=1S/C20H21N3O3/c1-15-7-3-5-9-17(15)23-19(11-12-21-23)22-20(24)16-8-4-6-10-18(16)26-14-13-25-2/h3-12H,13-14H2,1-2H3,(H,22,24). The van der Waals surface area contributed by atoms with E-state index in [4.69, 9.17) is 9.47 Å². The van der Waals surface area contributed by atoms with Gasteiger partial charge in [0.05, 0.1) is 24.1 Å². The van der Waals surface area contributed by atoms with Crippen molar-refractivity contribution in [2.75, 3.05) is 25.6 Å². The topological polar surface area (TPSA) is 65.4 Å². The number of ether oxygens (including phenoxy) is 2. The molecule has 0 atom stereocenters. The Bertz CT molecular complexity index is 889. The molecule has 6 nitrogen and oxygen atoms in total. The molecular formula is C20H21N3O3. The van der Waals surface area contributed by atoms with Crippen LogP contribution in [0.25, 0.3) is 5.69 Å². The van der Waals surface area contributed by atoms with Crippen molar-refractivity contribution in [3.8, 4) is 11.4 Å². The highest BCUT2D eigenvalue weighted by atomic mass is 16.5. The van der Waals surface area contributed by atoms with Gasteiger partial charge in [-0.25, -0.2) is 4.68 Å². The smallest absolute Gasteiger partial charge is 0.260 e. The molecule has 0 saturated heterocycles. The zero-order chi connectivity index (χ0) is 18.4. The highest BCUT2D eigenvalue weighted by Gasteiger charge is 2.15. The molecule has 0 saturated carbocycles. The molecule has 3 rings (SSSR count). The van der Waals surface area contributed by atoms with Gasteiger partial charge in [0, 0.05) is 13.2 Å². The van der Waals surface area contributed by atoms with Crippen LogP contribution < -0.4 is 10.1 Å². The average Bonchev–Trinajstić information content (AvgIpc) is 3.10. The van der Waals surface area contributed by atoms with Crippen LogP contribution in [0.2, 0.25) is 0 Å². The van der Waals surface area contributed by atoms with E-state index in [0.717, 1.165) is 11.3 Å². The molecule has 0 radical (unpaired) electrons. The lowest BCUT2D eigenvalue weighted by Crippen LogP contribution is -2.17. The van der Waals surface area contributed by atoms with Crippen molar-refractivity contribution in [1.29, 1.82) is 0 Å². The summed E-state index contributed by atoms with van der Waals surface area (Å²) >= 11 is 0. The first kappa shape index (κ1) is 17.7. The van der Waals surface area contributed by atoms with Crippen LogP contribution in [-0.4, -0.2) is 36.0 Å². The molecular weight excluding hydrogens is 330 g/mol. The first-order chi connectivity index (χ1) is 12.7. The second kappa shape index (κ2) is 8.31. The van der Waals surface area contributed by atoms with Gasteiger partial charge in [0.15, 0.2) is 0 Å². The number of para-hydroxylation sites is 2. The normalized spacial score (nSPS) is 10.5. The summed E-state index contributed by atoms with van der Waals surface area (Å²) in [6, 6.07) is 16.8. The van der Waals surface area contributed by atoms with Crippen LogP contribution in [0.5, 0.6) is 5.75 Å². The van der Waals surface area contributed by atoms with Crippen molar-refractivity contribution in [1.82, 2.24) is 9.78 Å². The Morgan fingerprint density at radius 1 is 1.08 bits per heavy atom. The number of benzene rings is 2. The minimum atomic E-state index is -0.256. The summed E-state index contributed by atoms with van der Waals surface area (Å²) in [5.74, 6) is 0.855. The lowest BCUT2D eigenvalue weighted by molar-refractivity contribution is 0.101. The maximum Gasteiger partial charge on any atom is 0.260 e. The number of carbonyl (C=O) groups excluding carboxylic acids is 1. The van der Waals surface area contributed by atoms with Crippen LogP contribution in [0.3, 0.4) is 0 Å². The number of hydrogen-bond acceptors (Lipinski definition) is 4. The second-order valence-corrected chi connectivity index (χ2v) is 5.71. The van der Waals surface area contributed by atoms with Gasteiger partial charge in [0.25, 0.3) is 5.91 Å². The van der Waals surface area contributed by atoms with E-state index in [2.05, 4.69) is 10.4 Å². The van der Waals surface area contributed by atoms with Gasteiger partial charge in [0.2, 0.25) is 0 Å². The second-order valence-electron chi connectivity index (χ2n) is 5.71. The first-order valence-electron chi connectivity index (χ1n) is 8.33. The van der Waals surface area contributed by atoms with E-state index in [0.29, 0.717) is 30.3 Å². The van der Waals surface area contributed by atoms with Crippen molar-refractivity contribution in [3.63, 3.8) is 0 Å². The van der Waals surface area contributed by atoms with E-state index in [9.17, 15) is 4.79 Å². The van der Waals surface area contributed by atoms with Gasteiger partial charge in [0.1, 0.15) is 18.2 Å². The van der Waals surface area contributed by atoms with Crippen LogP contribution in [0, 0.1) is 6.92 Å². The summed E-state index contributed by atoms with van der Waals surface area (Å²) in [5, 5.41) is 7.24. The van der Waals surface area contributed by atoms with Gasteiger partial charge in [-0.15, -0.1) is 0 Å². The fourth-order valence-electron chi connectivity index (χ4n) is 2.59. The van der Waals surface area contributed by atoms with Crippen LogP contribution in [0.1, 0.15) is 15.9 Å². The van der Waals surface area contributed by atoms with Gasteiger partial charge in [-0.05, 0) is 30.7 Å². The number of aromatic nitrogens is 2. The fourth-order valence-corrected chi connectivity index (χ4v) is 2.59. The lowest BCUT2D eigenvalue weighted by Gasteiger charge is -2.13. The molecule has 0 aliphatic rings. The minimum Gasteiger partial charge on any atom is -0.490 e. The molecule has 1 N–H and O–H groups in total. The van der Waals surface area contributed by atoms with Crippen LogP contribution in [0.15, 0.2) is 60.8 Å². The number of aryl methyl sites for hydroxylation is 1. The summed E-state index contributed by atoms with van der Waals surface area (Å²) in [6.07, 6.45) is 1.66. The number of anilines is 1. The molecule has 0 spiro atoms. The maximum atomic E-state index is 12.8. The molecule has 3 aromatic rings. The third-order valence-electron chi connectivity index (χ3n) is 3.90. The van der Waals surface area contributed by atoms with E-state index in [1.807, 2.05) is 37.3 Å². The Balaban J connectivity index is 1.82. The lowest BCUT2D eigenvalue weighted by atomic mass is 10.2. The zero-order valence-electron chi connectivity index (χ0n) is 14.8. The van der Waals surface area contributed by atoms with Crippen LogP contribution >= 0.6 is 0 Å². The monoisotopic (exact) mass is 351 g/mol. The van der Waals surface area contributed by atoms with Crippen molar-refractivity contribution in [2.45, 2.75) is 6.92 Å². The molecule has 0 aliphatic carbocycles. The minimum absolute atomic E-state index is 0.256.